The number of nitrogens with one attached hydrogen (secondary N) is 1. The highest BCUT2D eigenvalue weighted by Gasteiger charge is 2.32. The molecule has 0 aromatic heterocycles. The number of nitrogens with two attached hydrogens (primary N) is 1. The Morgan fingerprint density at radius 1 is 1.20 bits per heavy atom. The number of rotatable bonds is 3. The quantitative estimate of drug-likeness (QED) is 0.835. The normalized spacial score (nSPS) is 23.9. The third-order valence-electron chi connectivity index (χ3n) is 4.81. The standard InChI is InChI=1S/C17H26N2O/c1-2-20-15-8-7-14-12-18-13-17(16(14)11-15)19-9-5-3-4-6-10-19/h7-8,11,17-18H,2-6,9-10,12-13H2,1H3/p+2/t17-/m0/s1. The summed E-state index contributed by atoms with van der Waals surface area (Å²) in [5.74, 6) is 1.05. The van der Waals surface area contributed by atoms with Crippen LogP contribution in [0.3, 0.4) is 0 Å². The number of quaternary nitrogens is 2. The molecule has 1 saturated heterocycles. The number of fused-ring (bicyclic) bond motifs is 1. The zero-order chi connectivity index (χ0) is 13.8. The van der Waals surface area contributed by atoms with Crippen molar-refractivity contribution in [1.82, 2.24) is 0 Å². The minimum atomic E-state index is 0.664. The average Bonchev–Trinajstić information content (AvgIpc) is 2.76. The van der Waals surface area contributed by atoms with Crippen molar-refractivity contribution >= 4 is 0 Å². The van der Waals surface area contributed by atoms with Crippen molar-refractivity contribution in [2.75, 3.05) is 26.2 Å². The molecule has 1 fully saturated rings. The van der Waals surface area contributed by atoms with Gasteiger partial charge in [-0.25, -0.2) is 0 Å². The van der Waals surface area contributed by atoms with Gasteiger partial charge in [0.15, 0.2) is 6.04 Å². The lowest BCUT2D eigenvalue weighted by molar-refractivity contribution is -0.947. The van der Waals surface area contributed by atoms with E-state index in [-0.39, 0.29) is 0 Å². The molecule has 0 saturated carbocycles. The van der Waals surface area contributed by atoms with Crippen LogP contribution in [0.4, 0.5) is 0 Å². The van der Waals surface area contributed by atoms with Gasteiger partial charge >= 0.3 is 0 Å². The van der Waals surface area contributed by atoms with Gasteiger partial charge in [-0.3, -0.25) is 0 Å². The molecule has 0 radical (unpaired) electrons. The van der Waals surface area contributed by atoms with E-state index in [0.29, 0.717) is 6.04 Å². The maximum atomic E-state index is 5.71. The largest absolute Gasteiger partial charge is 0.494 e. The van der Waals surface area contributed by atoms with Crippen LogP contribution in [-0.4, -0.2) is 26.2 Å². The number of hydrogen-bond donors (Lipinski definition) is 2. The van der Waals surface area contributed by atoms with Gasteiger partial charge in [0.25, 0.3) is 0 Å². The van der Waals surface area contributed by atoms with Crippen LogP contribution in [0.15, 0.2) is 18.2 Å². The summed E-state index contributed by atoms with van der Waals surface area (Å²) in [5.41, 5.74) is 3.07. The SMILES string of the molecule is CCOc1ccc2c(c1)[C@@H]([NH+]1CCCCCC1)C[NH2+]C2. The summed E-state index contributed by atoms with van der Waals surface area (Å²) in [5, 5.41) is 2.48. The van der Waals surface area contributed by atoms with Crippen LogP contribution in [0.25, 0.3) is 0 Å². The Kier molecular flexibility index (Phi) is 4.58. The second-order valence-corrected chi connectivity index (χ2v) is 6.15. The van der Waals surface area contributed by atoms with Gasteiger partial charge in [-0.2, -0.15) is 0 Å². The zero-order valence-corrected chi connectivity index (χ0v) is 12.7. The van der Waals surface area contributed by atoms with Crippen molar-refractivity contribution < 1.29 is 15.0 Å². The number of likely N-dealkylation sites (tertiary alicyclic amines) is 1. The molecule has 3 heteroatoms. The van der Waals surface area contributed by atoms with E-state index < -0.39 is 0 Å². The third-order valence-corrected chi connectivity index (χ3v) is 4.81. The van der Waals surface area contributed by atoms with Crippen molar-refractivity contribution in [2.45, 2.75) is 45.2 Å². The van der Waals surface area contributed by atoms with Crippen molar-refractivity contribution in [3.63, 3.8) is 0 Å². The van der Waals surface area contributed by atoms with Gasteiger partial charge in [0.1, 0.15) is 18.8 Å². The van der Waals surface area contributed by atoms with Crippen LogP contribution in [-0.2, 0) is 6.54 Å². The highest BCUT2D eigenvalue weighted by atomic mass is 16.5. The molecule has 3 N–H and O–H groups in total. The fourth-order valence-corrected chi connectivity index (χ4v) is 3.79. The van der Waals surface area contributed by atoms with E-state index in [1.807, 2.05) is 0 Å². The van der Waals surface area contributed by atoms with E-state index in [1.165, 1.54) is 50.9 Å². The highest BCUT2D eigenvalue weighted by Crippen LogP contribution is 2.23. The smallest absolute Gasteiger partial charge is 0.163 e. The van der Waals surface area contributed by atoms with Crippen LogP contribution in [0.5, 0.6) is 5.75 Å². The summed E-state index contributed by atoms with van der Waals surface area (Å²) in [6, 6.07) is 7.39. The van der Waals surface area contributed by atoms with Gasteiger partial charge in [-0.1, -0.05) is 0 Å². The average molecular weight is 276 g/mol. The molecule has 0 bridgehead atoms. The topological polar surface area (TPSA) is 30.3 Å². The first-order valence-corrected chi connectivity index (χ1v) is 8.30. The Morgan fingerprint density at radius 3 is 2.75 bits per heavy atom. The monoisotopic (exact) mass is 276 g/mol. The summed E-state index contributed by atoms with van der Waals surface area (Å²) in [7, 11) is 0. The van der Waals surface area contributed by atoms with Gasteiger partial charge in [-0.15, -0.1) is 0 Å². The Hall–Kier alpha value is -1.06. The maximum absolute atomic E-state index is 5.71. The zero-order valence-electron chi connectivity index (χ0n) is 12.7. The molecule has 20 heavy (non-hydrogen) atoms. The van der Waals surface area contributed by atoms with Crippen molar-refractivity contribution in [3.8, 4) is 5.75 Å². The number of benzene rings is 1. The molecule has 3 nitrogen and oxygen atoms in total. The first-order chi connectivity index (χ1) is 9.88. The van der Waals surface area contributed by atoms with Gasteiger partial charge in [0.05, 0.1) is 19.7 Å². The molecular weight excluding hydrogens is 248 g/mol. The fraction of sp³-hybridized carbons (Fsp3) is 0.647. The second kappa shape index (κ2) is 6.59. The van der Waals surface area contributed by atoms with E-state index in [4.69, 9.17) is 4.74 Å². The van der Waals surface area contributed by atoms with Gasteiger partial charge in [0.2, 0.25) is 0 Å². The lowest BCUT2D eigenvalue weighted by Gasteiger charge is -2.31. The summed E-state index contributed by atoms with van der Waals surface area (Å²) < 4.78 is 5.71. The first-order valence-electron chi connectivity index (χ1n) is 8.30. The molecule has 2 aliphatic heterocycles. The van der Waals surface area contributed by atoms with Crippen LogP contribution < -0.4 is 15.0 Å². The summed E-state index contributed by atoms with van der Waals surface area (Å²) in [4.78, 5) is 1.80. The second-order valence-electron chi connectivity index (χ2n) is 6.15. The maximum Gasteiger partial charge on any atom is 0.163 e. The molecule has 2 aliphatic rings. The Bertz CT molecular complexity index is 439. The van der Waals surface area contributed by atoms with E-state index >= 15 is 0 Å². The van der Waals surface area contributed by atoms with Crippen molar-refractivity contribution in [3.05, 3.63) is 29.3 Å². The number of ether oxygens (including phenoxy) is 1. The van der Waals surface area contributed by atoms with E-state index in [2.05, 4.69) is 30.4 Å². The van der Waals surface area contributed by atoms with Crippen molar-refractivity contribution in [2.24, 2.45) is 0 Å². The molecule has 3 rings (SSSR count). The van der Waals surface area contributed by atoms with Gasteiger partial charge in [0, 0.05) is 11.1 Å². The van der Waals surface area contributed by atoms with Gasteiger partial charge < -0.3 is 15.0 Å². The van der Waals surface area contributed by atoms with Crippen molar-refractivity contribution in [1.29, 1.82) is 0 Å². The molecular formula is C17H28N2O+2. The van der Waals surface area contributed by atoms with E-state index in [0.717, 1.165) is 18.9 Å². The number of hydrogen-bond acceptors (Lipinski definition) is 1. The first kappa shape index (κ1) is 13.9. The molecule has 0 unspecified atom stereocenters. The molecule has 110 valence electrons. The lowest BCUT2D eigenvalue weighted by atomic mass is 9.95. The highest BCUT2D eigenvalue weighted by molar-refractivity contribution is 5.37. The Balaban J connectivity index is 1.85. The Morgan fingerprint density at radius 2 is 2.00 bits per heavy atom. The molecule has 1 atom stereocenters. The predicted molar refractivity (Wildman–Crippen MR) is 80.0 cm³/mol. The summed E-state index contributed by atoms with van der Waals surface area (Å²) in [6.45, 7) is 7.87. The summed E-state index contributed by atoms with van der Waals surface area (Å²) >= 11 is 0. The molecule has 2 heterocycles. The van der Waals surface area contributed by atoms with Crippen LogP contribution >= 0.6 is 0 Å². The molecule has 1 aromatic carbocycles. The predicted octanol–water partition coefficient (Wildman–Crippen LogP) is 0.662. The third kappa shape index (κ3) is 2.99. The lowest BCUT2D eigenvalue weighted by Crippen LogP contribution is -3.15. The Labute approximate surface area is 122 Å². The molecule has 0 spiro atoms. The minimum absolute atomic E-state index is 0.664. The van der Waals surface area contributed by atoms with E-state index in [9.17, 15) is 0 Å². The van der Waals surface area contributed by atoms with Crippen LogP contribution in [0, 0.1) is 0 Å². The fourth-order valence-electron chi connectivity index (χ4n) is 3.79. The van der Waals surface area contributed by atoms with Gasteiger partial charge in [-0.05, 0) is 50.8 Å². The molecule has 0 amide bonds. The minimum Gasteiger partial charge on any atom is -0.494 e. The summed E-state index contributed by atoms with van der Waals surface area (Å²) in [6.07, 6.45) is 5.64. The molecule has 0 aliphatic carbocycles. The van der Waals surface area contributed by atoms with E-state index in [1.54, 1.807) is 10.5 Å². The molecule has 1 aromatic rings. The van der Waals surface area contributed by atoms with Crippen LogP contribution in [0.2, 0.25) is 0 Å². The van der Waals surface area contributed by atoms with Crippen LogP contribution in [0.1, 0.15) is 49.8 Å².